The summed E-state index contributed by atoms with van der Waals surface area (Å²) in [6, 6.07) is 7.54. The van der Waals surface area contributed by atoms with Crippen LogP contribution in [0.2, 0.25) is 0 Å². The molecule has 0 radical (unpaired) electrons. The van der Waals surface area contributed by atoms with E-state index in [1.54, 1.807) is 0 Å². The Morgan fingerprint density at radius 3 is 2.62 bits per heavy atom. The number of benzene rings is 1. The molecule has 114 valence electrons. The van der Waals surface area contributed by atoms with Crippen LogP contribution in [0.25, 0.3) is 0 Å². The van der Waals surface area contributed by atoms with Gasteiger partial charge in [-0.15, -0.1) is 0 Å². The van der Waals surface area contributed by atoms with Crippen LogP contribution < -0.4 is 0 Å². The summed E-state index contributed by atoms with van der Waals surface area (Å²) in [5.41, 5.74) is 1.81. The molecule has 5 heteroatoms. The van der Waals surface area contributed by atoms with Gasteiger partial charge in [0.05, 0.1) is 13.5 Å². The summed E-state index contributed by atoms with van der Waals surface area (Å²) in [5.74, 6) is -0.251. The number of hydrogen-bond donors (Lipinski definition) is 0. The number of carbonyl (C=O) groups excluding carboxylic acids is 2. The Kier molecular flexibility index (Phi) is 5.79. The molecule has 1 aliphatic rings. The number of hydrogen-bond acceptors (Lipinski definition) is 3. The summed E-state index contributed by atoms with van der Waals surface area (Å²) in [5, 5.41) is 0.774. The number of rotatable bonds is 4. The van der Waals surface area contributed by atoms with E-state index in [0.717, 1.165) is 30.2 Å². The molecule has 1 atom stereocenters. The first-order valence-corrected chi connectivity index (χ1v) is 8.30. The van der Waals surface area contributed by atoms with Crippen LogP contribution in [0.3, 0.4) is 0 Å². The number of nitrogens with zero attached hydrogens (tertiary/aromatic N) is 1. The van der Waals surface area contributed by atoms with Crippen molar-refractivity contribution in [2.75, 3.05) is 13.7 Å². The normalized spacial score (nSPS) is 18.4. The van der Waals surface area contributed by atoms with Gasteiger partial charge in [-0.2, -0.15) is 0 Å². The standard InChI is InChI=1S/C16H20BrNO3/c1-21-15(19)10-14-4-2-3-9-18(14)16(20)13-7-5-12(11-17)6-8-13/h5-8,14H,2-4,9-11H2,1H3. The van der Waals surface area contributed by atoms with Gasteiger partial charge >= 0.3 is 5.97 Å². The molecule has 0 bridgehead atoms. The van der Waals surface area contributed by atoms with Crippen molar-refractivity contribution in [2.24, 2.45) is 0 Å². The van der Waals surface area contributed by atoms with Crippen molar-refractivity contribution in [3.05, 3.63) is 35.4 Å². The number of likely N-dealkylation sites (tertiary alicyclic amines) is 1. The van der Waals surface area contributed by atoms with Crippen LogP contribution in [0, 0.1) is 0 Å². The molecule has 21 heavy (non-hydrogen) atoms. The van der Waals surface area contributed by atoms with Gasteiger partial charge < -0.3 is 9.64 Å². The molecule has 0 spiro atoms. The third-order valence-corrected chi connectivity index (χ3v) is 4.52. The number of amides is 1. The molecule has 0 aromatic heterocycles. The molecule has 1 amide bonds. The first-order chi connectivity index (χ1) is 10.2. The predicted molar refractivity (Wildman–Crippen MR) is 84.4 cm³/mol. The Hall–Kier alpha value is -1.36. The maximum atomic E-state index is 12.6. The second-order valence-electron chi connectivity index (χ2n) is 5.26. The fraction of sp³-hybridized carbons (Fsp3) is 0.500. The minimum atomic E-state index is -0.255. The van der Waals surface area contributed by atoms with Gasteiger partial charge in [0.25, 0.3) is 5.91 Å². The van der Waals surface area contributed by atoms with Crippen LogP contribution in [0.15, 0.2) is 24.3 Å². The van der Waals surface area contributed by atoms with Crippen LogP contribution in [0.5, 0.6) is 0 Å². The second-order valence-corrected chi connectivity index (χ2v) is 5.82. The quantitative estimate of drug-likeness (QED) is 0.617. The first kappa shape index (κ1) is 16.0. The zero-order valence-corrected chi connectivity index (χ0v) is 13.8. The minimum absolute atomic E-state index is 0.00438. The molecule has 1 heterocycles. The van der Waals surface area contributed by atoms with Gasteiger partial charge in [-0.1, -0.05) is 28.1 Å². The van der Waals surface area contributed by atoms with Crippen LogP contribution >= 0.6 is 15.9 Å². The number of carbonyl (C=O) groups is 2. The van der Waals surface area contributed by atoms with E-state index in [9.17, 15) is 9.59 Å². The average Bonchev–Trinajstić information content (AvgIpc) is 2.54. The second kappa shape index (κ2) is 7.59. The average molecular weight is 354 g/mol. The van der Waals surface area contributed by atoms with Gasteiger partial charge in [0.1, 0.15) is 0 Å². The Balaban J connectivity index is 2.11. The van der Waals surface area contributed by atoms with E-state index in [0.29, 0.717) is 12.1 Å². The number of alkyl halides is 1. The van der Waals surface area contributed by atoms with Crippen molar-refractivity contribution in [1.82, 2.24) is 4.90 Å². The number of piperidine rings is 1. The van der Waals surface area contributed by atoms with Gasteiger partial charge in [-0.05, 0) is 37.0 Å². The first-order valence-electron chi connectivity index (χ1n) is 7.18. The van der Waals surface area contributed by atoms with Gasteiger partial charge in [-0.3, -0.25) is 9.59 Å². The number of methoxy groups -OCH3 is 1. The summed E-state index contributed by atoms with van der Waals surface area (Å²) < 4.78 is 4.73. The Morgan fingerprint density at radius 1 is 1.29 bits per heavy atom. The van der Waals surface area contributed by atoms with E-state index in [4.69, 9.17) is 4.74 Å². The third kappa shape index (κ3) is 4.06. The lowest BCUT2D eigenvalue weighted by Gasteiger charge is -2.35. The van der Waals surface area contributed by atoms with Gasteiger partial charge in [0, 0.05) is 23.5 Å². The van der Waals surface area contributed by atoms with Crippen LogP contribution in [0.4, 0.5) is 0 Å². The molecule has 1 saturated heterocycles. The highest BCUT2D eigenvalue weighted by Gasteiger charge is 2.29. The molecule has 1 aromatic rings. The smallest absolute Gasteiger partial charge is 0.307 e. The topological polar surface area (TPSA) is 46.6 Å². The zero-order valence-electron chi connectivity index (χ0n) is 12.2. The fourth-order valence-electron chi connectivity index (χ4n) is 2.66. The van der Waals surface area contributed by atoms with Crippen LogP contribution in [-0.4, -0.2) is 36.5 Å². The van der Waals surface area contributed by atoms with Crippen molar-refractivity contribution < 1.29 is 14.3 Å². The van der Waals surface area contributed by atoms with Crippen molar-refractivity contribution in [3.8, 4) is 0 Å². The predicted octanol–water partition coefficient (Wildman–Crippen LogP) is 3.14. The lowest BCUT2D eigenvalue weighted by Crippen LogP contribution is -2.44. The summed E-state index contributed by atoms with van der Waals surface area (Å²) in [6.45, 7) is 0.709. The molecule has 0 N–H and O–H groups in total. The van der Waals surface area contributed by atoms with E-state index in [2.05, 4.69) is 15.9 Å². The minimum Gasteiger partial charge on any atom is -0.469 e. The highest BCUT2D eigenvalue weighted by molar-refractivity contribution is 9.08. The highest BCUT2D eigenvalue weighted by Crippen LogP contribution is 2.22. The maximum absolute atomic E-state index is 12.6. The SMILES string of the molecule is COC(=O)CC1CCCCN1C(=O)c1ccc(CBr)cc1. The molecule has 0 saturated carbocycles. The summed E-state index contributed by atoms with van der Waals surface area (Å²) in [7, 11) is 1.39. The van der Waals surface area contributed by atoms with Gasteiger partial charge in [-0.25, -0.2) is 0 Å². The molecular weight excluding hydrogens is 334 g/mol. The molecule has 1 aromatic carbocycles. The molecule has 0 aliphatic carbocycles. The van der Waals surface area contributed by atoms with Crippen molar-refractivity contribution in [2.45, 2.75) is 37.1 Å². The van der Waals surface area contributed by atoms with E-state index < -0.39 is 0 Å². The Morgan fingerprint density at radius 2 is 2.00 bits per heavy atom. The van der Waals surface area contributed by atoms with E-state index >= 15 is 0 Å². The van der Waals surface area contributed by atoms with E-state index in [1.165, 1.54) is 7.11 Å². The largest absolute Gasteiger partial charge is 0.469 e. The molecule has 2 rings (SSSR count). The monoisotopic (exact) mass is 353 g/mol. The molecule has 1 unspecified atom stereocenters. The Bertz CT molecular complexity index is 501. The number of ether oxygens (including phenoxy) is 1. The number of esters is 1. The van der Waals surface area contributed by atoms with Crippen LogP contribution in [0.1, 0.15) is 41.6 Å². The molecule has 4 nitrogen and oxygen atoms in total. The fourth-order valence-corrected chi connectivity index (χ4v) is 3.03. The third-order valence-electron chi connectivity index (χ3n) is 3.87. The highest BCUT2D eigenvalue weighted by atomic mass is 79.9. The van der Waals surface area contributed by atoms with Crippen LogP contribution in [-0.2, 0) is 14.9 Å². The Labute approximate surface area is 133 Å². The van der Waals surface area contributed by atoms with Crippen molar-refractivity contribution >= 4 is 27.8 Å². The summed E-state index contributed by atoms with van der Waals surface area (Å²) in [4.78, 5) is 26.0. The summed E-state index contributed by atoms with van der Waals surface area (Å²) >= 11 is 3.39. The molecule has 1 aliphatic heterocycles. The van der Waals surface area contributed by atoms with Crippen molar-refractivity contribution in [1.29, 1.82) is 0 Å². The number of halogens is 1. The van der Waals surface area contributed by atoms with E-state index in [1.807, 2.05) is 29.2 Å². The molecule has 1 fully saturated rings. The molecular formula is C16H20BrNO3. The maximum Gasteiger partial charge on any atom is 0.307 e. The van der Waals surface area contributed by atoms with Gasteiger partial charge in [0.15, 0.2) is 0 Å². The summed E-state index contributed by atoms with van der Waals surface area (Å²) in [6.07, 6.45) is 3.18. The lowest BCUT2D eigenvalue weighted by atomic mass is 9.98. The van der Waals surface area contributed by atoms with Gasteiger partial charge in [0.2, 0.25) is 0 Å². The zero-order chi connectivity index (χ0) is 15.2. The lowest BCUT2D eigenvalue weighted by molar-refractivity contribution is -0.142. The van der Waals surface area contributed by atoms with Crippen molar-refractivity contribution in [3.63, 3.8) is 0 Å². The van der Waals surface area contributed by atoms with E-state index in [-0.39, 0.29) is 24.3 Å².